The number of hydrogen-bond donors (Lipinski definition) is 1. The number of hydrogen-bond acceptors (Lipinski definition) is 4. The number of aryl methyl sites for hydroxylation is 1. The van der Waals surface area contributed by atoms with E-state index in [-0.39, 0.29) is 23.0 Å². The minimum absolute atomic E-state index is 0.0579. The number of nitrogens with one attached hydrogen (secondary N) is 1. The van der Waals surface area contributed by atoms with Gasteiger partial charge in [-0.1, -0.05) is 72.6 Å². The average Bonchev–Trinajstić information content (AvgIpc) is 2.90. The van der Waals surface area contributed by atoms with Crippen LogP contribution in [0.4, 0.5) is 5.69 Å². The number of rotatable bonds is 12. The zero-order valence-electron chi connectivity index (χ0n) is 21.9. The minimum atomic E-state index is -4.12. The van der Waals surface area contributed by atoms with Gasteiger partial charge in [-0.05, 0) is 62.6 Å². The van der Waals surface area contributed by atoms with Crippen molar-refractivity contribution < 1.29 is 18.0 Å². The van der Waals surface area contributed by atoms with E-state index in [2.05, 4.69) is 5.32 Å². The molecule has 0 fully saturated rings. The number of carbonyl (C=O) groups is 2. The van der Waals surface area contributed by atoms with E-state index in [0.29, 0.717) is 24.4 Å². The van der Waals surface area contributed by atoms with Crippen LogP contribution in [0.15, 0.2) is 83.8 Å². The van der Waals surface area contributed by atoms with E-state index in [1.165, 1.54) is 23.1 Å². The van der Waals surface area contributed by atoms with Gasteiger partial charge in [0, 0.05) is 18.1 Å². The molecule has 3 aromatic rings. The predicted octanol–water partition coefficient (Wildman–Crippen LogP) is 4.83. The Morgan fingerprint density at radius 1 is 0.947 bits per heavy atom. The summed E-state index contributed by atoms with van der Waals surface area (Å²) < 4.78 is 28.7. The molecule has 0 heterocycles. The summed E-state index contributed by atoms with van der Waals surface area (Å²) in [6, 6.07) is 21.7. The molecule has 0 saturated heterocycles. The maximum Gasteiger partial charge on any atom is 0.264 e. The molecule has 1 unspecified atom stereocenters. The van der Waals surface area contributed by atoms with Crippen LogP contribution < -0.4 is 9.62 Å². The first kappa shape index (κ1) is 29.2. The molecule has 0 aliphatic heterocycles. The van der Waals surface area contributed by atoms with Gasteiger partial charge in [-0.25, -0.2) is 8.42 Å². The zero-order chi connectivity index (χ0) is 27.7. The lowest BCUT2D eigenvalue weighted by Crippen LogP contribution is -2.53. The number of amides is 2. The Morgan fingerprint density at radius 2 is 1.63 bits per heavy atom. The van der Waals surface area contributed by atoms with Crippen molar-refractivity contribution in [3.63, 3.8) is 0 Å². The average molecular weight is 556 g/mol. The molecule has 9 heteroatoms. The number of nitrogens with zero attached hydrogens (tertiary/aromatic N) is 2. The molecular weight excluding hydrogens is 522 g/mol. The summed E-state index contributed by atoms with van der Waals surface area (Å²) in [6.45, 7) is 5.71. The van der Waals surface area contributed by atoms with Crippen LogP contribution >= 0.6 is 11.6 Å². The second-order valence-corrected chi connectivity index (χ2v) is 11.2. The molecule has 1 atom stereocenters. The Labute approximate surface area is 230 Å². The lowest BCUT2D eigenvalue weighted by molar-refractivity contribution is -0.139. The van der Waals surface area contributed by atoms with Crippen molar-refractivity contribution in [2.45, 2.75) is 44.6 Å². The van der Waals surface area contributed by atoms with E-state index in [9.17, 15) is 18.0 Å². The first-order valence-corrected chi connectivity index (χ1v) is 14.4. The Morgan fingerprint density at radius 3 is 2.24 bits per heavy atom. The molecule has 0 aliphatic rings. The van der Waals surface area contributed by atoms with Crippen molar-refractivity contribution in [3.8, 4) is 0 Å². The van der Waals surface area contributed by atoms with Gasteiger partial charge < -0.3 is 10.2 Å². The van der Waals surface area contributed by atoms with Crippen LogP contribution in [0.5, 0.6) is 0 Å². The van der Waals surface area contributed by atoms with Gasteiger partial charge in [-0.15, -0.1) is 0 Å². The summed E-state index contributed by atoms with van der Waals surface area (Å²) >= 11 is 6.20. The lowest BCUT2D eigenvalue weighted by Gasteiger charge is -2.33. The summed E-state index contributed by atoms with van der Waals surface area (Å²) in [5.41, 5.74) is 2.18. The molecule has 2 amide bonds. The highest BCUT2D eigenvalue weighted by atomic mass is 35.5. The third kappa shape index (κ3) is 7.36. The van der Waals surface area contributed by atoms with Crippen LogP contribution in [-0.2, 0) is 26.0 Å². The Kier molecular flexibility index (Phi) is 10.3. The monoisotopic (exact) mass is 555 g/mol. The van der Waals surface area contributed by atoms with Gasteiger partial charge in [-0.2, -0.15) is 0 Å². The van der Waals surface area contributed by atoms with Crippen LogP contribution in [0.3, 0.4) is 0 Å². The quantitative estimate of drug-likeness (QED) is 0.347. The van der Waals surface area contributed by atoms with E-state index in [0.717, 1.165) is 15.4 Å². The predicted molar refractivity (Wildman–Crippen MR) is 152 cm³/mol. The molecule has 0 radical (unpaired) electrons. The van der Waals surface area contributed by atoms with Gasteiger partial charge in [0.15, 0.2) is 0 Å². The summed E-state index contributed by atoms with van der Waals surface area (Å²) in [4.78, 5) is 28.4. The van der Waals surface area contributed by atoms with Gasteiger partial charge in [0.25, 0.3) is 10.0 Å². The molecule has 38 heavy (non-hydrogen) atoms. The Bertz CT molecular complexity index is 1330. The highest BCUT2D eigenvalue weighted by Gasteiger charge is 2.33. The molecular formula is C29H34ClN3O4S. The van der Waals surface area contributed by atoms with E-state index < -0.39 is 28.5 Å². The summed E-state index contributed by atoms with van der Waals surface area (Å²) in [5.74, 6) is -0.748. The lowest BCUT2D eigenvalue weighted by atomic mass is 10.1. The van der Waals surface area contributed by atoms with Crippen molar-refractivity contribution in [2.75, 3.05) is 23.9 Å². The van der Waals surface area contributed by atoms with Crippen molar-refractivity contribution in [2.24, 2.45) is 0 Å². The third-order valence-electron chi connectivity index (χ3n) is 6.21. The van der Waals surface area contributed by atoms with E-state index in [1.807, 2.05) is 51.1 Å². The van der Waals surface area contributed by atoms with Gasteiger partial charge in [-0.3, -0.25) is 13.9 Å². The molecule has 202 valence electrons. The van der Waals surface area contributed by atoms with Gasteiger partial charge in [0.05, 0.1) is 10.6 Å². The highest BCUT2D eigenvalue weighted by molar-refractivity contribution is 7.92. The summed E-state index contributed by atoms with van der Waals surface area (Å²) in [7, 11) is -4.12. The second kappa shape index (κ2) is 13.4. The third-order valence-corrected chi connectivity index (χ3v) is 8.23. The molecule has 7 nitrogen and oxygen atoms in total. The first-order valence-electron chi connectivity index (χ1n) is 12.6. The normalized spacial score (nSPS) is 12.0. The molecule has 3 aromatic carbocycles. The number of carbonyl (C=O) groups excluding carboxylic acids is 2. The van der Waals surface area contributed by atoms with Crippen LogP contribution in [0.1, 0.15) is 31.4 Å². The number of likely N-dealkylation sites (N-methyl/N-ethyl adjacent to an activating group) is 1. The van der Waals surface area contributed by atoms with Crippen molar-refractivity contribution in [1.29, 1.82) is 0 Å². The number of halogens is 1. The number of benzene rings is 3. The molecule has 1 N–H and O–H groups in total. The molecule has 3 rings (SSSR count). The van der Waals surface area contributed by atoms with Crippen LogP contribution in [0, 0.1) is 6.92 Å². The molecule has 0 aromatic heterocycles. The maximum atomic E-state index is 13.9. The summed E-state index contributed by atoms with van der Waals surface area (Å²) in [6.07, 6.45) is 0.901. The molecule has 0 spiro atoms. The first-order chi connectivity index (χ1) is 18.2. The highest BCUT2D eigenvalue weighted by Crippen LogP contribution is 2.27. The fraction of sp³-hybridized carbons (Fsp3) is 0.310. The fourth-order valence-electron chi connectivity index (χ4n) is 4.19. The van der Waals surface area contributed by atoms with Gasteiger partial charge in [0.1, 0.15) is 12.6 Å². The van der Waals surface area contributed by atoms with Crippen molar-refractivity contribution in [3.05, 3.63) is 95.0 Å². The van der Waals surface area contributed by atoms with Crippen LogP contribution in [0.25, 0.3) is 0 Å². The molecule has 0 bridgehead atoms. The zero-order valence-corrected chi connectivity index (χ0v) is 23.5. The Hall–Kier alpha value is -3.36. The van der Waals surface area contributed by atoms with E-state index in [1.54, 1.807) is 30.3 Å². The van der Waals surface area contributed by atoms with Crippen LogP contribution in [0.2, 0.25) is 5.02 Å². The second-order valence-electron chi connectivity index (χ2n) is 8.95. The number of anilines is 1. The van der Waals surface area contributed by atoms with Gasteiger partial charge >= 0.3 is 0 Å². The summed E-state index contributed by atoms with van der Waals surface area (Å²) in [5, 5.41) is 3.14. The van der Waals surface area contributed by atoms with Crippen LogP contribution in [-0.4, -0.2) is 50.8 Å². The number of sulfonamides is 1. The maximum absolute atomic E-state index is 13.9. The van der Waals surface area contributed by atoms with Gasteiger partial charge in [0.2, 0.25) is 11.8 Å². The van der Waals surface area contributed by atoms with E-state index >= 15 is 0 Å². The smallest absolute Gasteiger partial charge is 0.264 e. The SMILES string of the molecule is CCNC(=O)C(CC)N(CCc1ccccc1)C(=O)CN(c1cccc(Cl)c1)S(=O)(=O)c1ccc(C)cc1. The fourth-order valence-corrected chi connectivity index (χ4v) is 5.78. The molecule has 0 aliphatic carbocycles. The molecule has 0 saturated carbocycles. The minimum Gasteiger partial charge on any atom is -0.355 e. The Balaban J connectivity index is 2.00. The van der Waals surface area contributed by atoms with Crippen molar-refractivity contribution in [1.82, 2.24) is 10.2 Å². The van der Waals surface area contributed by atoms with E-state index in [4.69, 9.17) is 11.6 Å². The standard InChI is InChI=1S/C29H34ClN3O4S/c1-4-27(29(35)31-5-2)32(19-18-23-10-7-6-8-11-23)28(34)21-33(25-13-9-12-24(30)20-25)38(36,37)26-16-14-22(3)15-17-26/h6-17,20,27H,4-5,18-19,21H2,1-3H3,(H,31,35). The topological polar surface area (TPSA) is 86.8 Å². The largest absolute Gasteiger partial charge is 0.355 e. The van der Waals surface area contributed by atoms with Crippen molar-refractivity contribution >= 4 is 39.1 Å².